The van der Waals surface area contributed by atoms with E-state index in [1.54, 1.807) is 0 Å². The summed E-state index contributed by atoms with van der Waals surface area (Å²) in [5, 5.41) is 19.4. The molecule has 0 bridgehead atoms. The van der Waals surface area contributed by atoms with Gasteiger partial charge in [0, 0.05) is 16.7 Å². The number of halogens is 15. The average Bonchev–Trinajstić information content (AvgIpc) is 3.74. The Labute approximate surface area is 249 Å². The number of nitriles is 2. The molecule has 4 rings (SSSR count). The van der Waals surface area contributed by atoms with Gasteiger partial charge in [0.1, 0.15) is 29.1 Å². The normalized spacial score (nSPS) is 16.1. The van der Waals surface area contributed by atoms with E-state index >= 15 is 0 Å². The zero-order valence-electron chi connectivity index (χ0n) is 21.8. The molecule has 1 saturated carbocycles. The Kier molecular flexibility index (Phi) is 8.14. The maximum atomic E-state index is 14.9. The molecular weight excluding hydrogens is 679 g/mol. The molecule has 1 aliphatic rings. The second-order valence-electron chi connectivity index (χ2n) is 9.11. The van der Waals surface area contributed by atoms with Crippen LogP contribution in [-0.2, 0) is 6.18 Å². The third kappa shape index (κ3) is 4.83. The largest absolute Gasteiger partial charge is 0.422 e. The predicted molar refractivity (Wildman–Crippen MR) is 129 cm³/mol. The number of allylic oxidation sites excluding steroid dienone is 5. The summed E-state index contributed by atoms with van der Waals surface area (Å²) in [6, 6.07) is 1.76. The molecule has 244 valence electrons. The van der Waals surface area contributed by atoms with Gasteiger partial charge in [0.2, 0.25) is 0 Å². The van der Waals surface area contributed by atoms with Crippen LogP contribution in [0.1, 0.15) is 22.3 Å². The van der Waals surface area contributed by atoms with E-state index in [9.17, 15) is 76.4 Å². The van der Waals surface area contributed by atoms with E-state index < -0.39 is 143 Å². The lowest BCUT2D eigenvalue weighted by molar-refractivity contribution is -0.143. The lowest BCUT2D eigenvalue weighted by atomic mass is 9.99. The van der Waals surface area contributed by atoms with E-state index in [1.165, 1.54) is 0 Å². The van der Waals surface area contributed by atoms with E-state index in [-0.39, 0.29) is 0 Å². The van der Waals surface area contributed by atoms with Gasteiger partial charge in [0.25, 0.3) is 0 Å². The van der Waals surface area contributed by atoms with Gasteiger partial charge < -0.3 is 17.2 Å². The number of benzene rings is 3. The molecule has 0 aromatic heterocycles. The van der Waals surface area contributed by atoms with Gasteiger partial charge in [-0.05, 0) is 0 Å². The van der Waals surface area contributed by atoms with Crippen LogP contribution in [0.25, 0.3) is 16.8 Å². The zero-order chi connectivity index (χ0) is 35.8. The van der Waals surface area contributed by atoms with Gasteiger partial charge in [-0.3, -0.25) is 0 Å². The van der Waals surface area contributed by atoms with Crippen molar-refractivity contribution in [2.24, 2.45) is 5.73 Å². The third-order valence-electron chi connectivity index (χ3n) is 6.59. The molecule has 3 aromatic rings. The summed E-state index contributed by atoms with van der Waals surface area (Å²) in [4.78, 5) is 0. The molecule has 47 heavy (non-hydrogen) atoms. The number of nitrogen functional groups attached to an aromatic ring is 2. The van der Waals surface area contributed by atoms with Crippen molar-refractivity contribution in [1.29, 1.82) is 10.5 Å². The van der Waals surface area contributed by atoms with Crippen molar-refractivity contribution in [1.82, 2.24) is 0 Å². The van der Waals surface area contributed by atoms with Gasteiger partial charge in [-0.1, -0.05) is 0 Å². The fraction of sp³-hybridized carbons (Fsp3) is 0.0370. The standard InChI is InChI=1S/C27H6F15N5/c28-12-7(13(29)19(35)11(18(12)34)27(40,41)42)3(1-43)5-6(4(2-44)8-14(30)20(36)25(46)21(37)15(8)31)9(5)24(45)10-16(32)22(38)26(47)23(39)17(10)33/h45-47H2. The minimum atomic E-state index is -6.10. The minimum Gasteiger partial charge on any atom is -0.398 e. The second-order valence-corrected chi connectivity index (χ2v) is 9.11. The Bertz CT molecular complexity index is 2060. The first-order valence-corrected chi connectivity index (χ1v) is 11.6. The summed E-state index contributed by atoms with van der Waals surface area (Å²) in [6.45, 7) is 0. The molecule has 0 aliphatic heterocycles. The number of anilines is 2. The number of alkyl halides is 3. The molecule has 20 heteroatoms. The number of hydrogen-bond donors (Lipinski definition) is 3. The minimum absolute atomic E-state index is 0.834. The molecular formula is C27H6F15N5. The zero-order valence-corrected chi connectivity index (χ0v) is 21.8. The van der Waals surface area contributed by atoms with Gasteiger partial charge in [-0.25, -0.2) is 52.7 Å². The Morgan fingerprint density at radius 2 is 0.723 bits per heavy atom. The number of nitrogens with zero attached hydrogens (tertiary/aromatic N) is 2. The van der Waals surface area contributed by atoms with Crippen molar-refractivity contribution < 1.29 is 65.9 Å². The highest BCUT2D eigenvalue weighted by Crippen LogP contribution is 2.57. The van der Waals surface area contributed by atoms with Crippen molar-refractivity contribution in [3.63, 3.8) is 0 Å². The topological polar surface area (TPSA) is 126 Å². The maximum absolute atomic E-state index is 14.9. The molecule has 0 unspecified atom stereocenters. The quantitative estimate of drug-likeness (QED) is 0.117. The fourth-order valence-corrected chi connectivity index (χ4v) is 4.41. The van der Waals surface area contributed by atoms with Crippen molar-refractivity contribution in [3.8, 4) is 12.1 Å². The molecule has 1 aliphatic carbocycles. The molecule has 0 heterocycles. The summed E-state index contributed by atoms with van der Waals surface area (Å²) in [5.74, 6) is -31.6. The van der Waals surface area contributed by atoms with Crippen LogP contribution < -0.4 is 17.2 Å². The Morgan fingerprint density at radius 1 is 0.447 bits per heavy atom. The van der Waals surface area contributed by atoms with Crippen LogP contribution in [0.2, 0.25) is 0 Å². The van der Waals surface area contributed by atoms with E-state index in [0.717, 1.165) is 12.1 Å². The Morgan fingerprint density at radius 3 is 1.00 bits per heavy atom. The van der Waals surface area contributed by atoms with Gasteiger partial charge in [-0.15, -0.1) is 0 Å². The van der Waals surface area contributed by atoms with E-state index in [2.05, 4.69) is 0 Å². The second kappa shape index (κ2) is 11.2. The van der Waals surface area contributed by atoms with E-state index in [1.807, 2.05) is 0 Å². The van der Waals surface area contributed by atoms with Crippen LogP contribution in [0.3, 0.4) is 0 Å². The van der Waals surface area contributed by atoms with Crippen LogP contribution >= 0.6 is 0 Å². The van der Waals surface area contributed by atoms with Gasteiger partial charge in [0.05, 0.1) is 33.5 Å². The molecule has 0 amide bonds. The highest BCUT2D eigenvalue weighted by atomic mass is 19.4. The molecule has 1 fully saturated rings. The van der Waals surface area contributed by atoms with Crippen LogP contribution in [0.4, 0.5) is 77.2 Å². The summed E-state index contributed by atoms with van der Waals surface area (Å²) in [6.07, 6.45) is -6.10. The van der Waals surface area contributed by atoms with E-state index in [4.69, 9.17) is 17.2 Å². The van der Waals surface area contributed by atoms with Crippen LogP contribution in [0.5, 0.6) is 0 Å². The van der Waals surface area contributed by atoms with Crippen LogP contribution in [-0.4, -0.2) is 0 Å². The van der Waals surface area contributed by atoms with Crippen molar-refractivity contribution >= 4 is 28.2 Å². The number of nitrogens with two attached hydrogens (primary N) is 3. The number of hydrogen-bond acceptors (Lipinski definition) is 5. The highest BCUT2D eigenvalue weighted by Gasteiger charge is 2.47. The summed E-state index contributed by atoms with van der Waals surface area (Å²) in [5.41, 5.74) is -7.56. The van der Waals surface area contributed by atoms with Crippen LogP contribution in [0, 0.1) is 92.5 Å². The van der Waals surface area contributed by atoms with Crippen molar-refractivity contribution in [2.75, 3.05) is 11.5 Å². The van der Waals surface area contributed by atoms with Gasteiger partial charge >= 0.3 is 6.18 Å². The molecule has 5 nitrogen and oxygen atoms in total. The first-order valence-electron chi connectivity index (χ1n) is 11.6. The summed E-state index contributed by atoms with van der Waals surface area (Å²) in [7, 11) is 0. The highest BCUT2D eigenvalue weighted by molar-refractivity contribution is 6.10. The monoisotopic (exact) mass is 685 g/mol. The average molecular weight is 685 g/mol. The smallest absolute Gasteiger partial charge is 0.398 e. The first-order chi connectivity index (χ1) is 21.7. The predicted octanol–water partition coefficient (Wildman–Crippen LogP) is 7.18. The summed E-state index contributed by atoms with van der Waals surface area (Å²) >= 11 is 0. The maximum Gasteiger partial charge on any atom is 0.422 e. The van der Waals surface area contributed by atoms with E-state index in [0.29, 0.717) is 0 Å². The molecule has 0 atom stereocenters. The first kappa shape index (κ1) is 34.1. The lowest BCUT2D eigenvalue weighted by Gasteiger charge is -2.13. The third-order valence-corrected chi connectivity index (χ3v) is 6.59. The Hall–Kier alpha value is -5.79. The molecule has 6 N–H and O–H groups in total. The van der Waals surface area contributed by atoms with Crippen LogP contribution in [0.15, 0.2) is 16.7 Å². The van der Waals surface area contributed by atoms with Crippen molar-refractivity contribution in [2.45, 2.75) is 6.18 Å². The SMILES string of the molecule is N#CC(=C1C(=C(N)c2c(F)c(F)c(N)c(F)c2F)C1=C(C#N)c1c(F)c(F)c(C(F)(F)F)c(F)c1F)c1c(F)c(F)c(N)c(F)c1F. The molecule has 3 aromatic carbocycles. The summed E-state index contributed by atoms with van der Waals surface area (Å²) < 4.78 is 214. The van der Waals surface area contributed by atoms with Gasteiger partial charge in [0.15, 0.2) is 69.8 Å². The number of rotatable bonds is 3. The molecule has 0 spiro atoms. The molecule has 0 saturated heterocycles. The van der Waals surface area contributed by atoms with Crippen molar-refractivity contribution in [3.05, 3.63) is 109 Å². The van der Waals surface area contributed by atoms with Gasteiger partial charge in [-0.2, -0.15) is 23.7 Å². The fourth-order valence-electron chi connectivity index (χ4n) is 4.41. The molecule has 0 radical (unpaired) electrons. The lowest BCUT2D eigenvalue weighted by Crippen LogP contribution is -2.17. The Balaban J connectivity index is 2.31.